The second-order valence-corrected chi connectivity index (χ2v) is 6.44. The summed E-state index contributed by atoms with van der Waals surface area (Å²) in [5.74, 6) is -5.29. The van der Waals surface area contributed by atoms with Gasteiger partial charge in [-0.15, -0.1) is 0 Å². The molecule has 28 heavy (non-hydrogen) atoms. The number of aliphatic hydroxyl groups excluding tert-OH is 1. The van der Waals surface area contributed by atoms with Crippen LogP contribution in [0.4, 0.5) is 0 Å². The number of hydrogen-bond acceptors (Lipinski definition) is 8. The molecular formula is C15H26N4O8S. The molecule has 0 fully saturated rings. The lowest BCUT2D eigenvalue weighted by molar-refractivity contribution is -0.142. The van der Waals surface area contributed by atoms with E-state index in [2.05, 4.69) is 28.6 Å². The lowest BCUT2D eigenvalue weighted by atomic mass is 10.1. The highest BCUT2D eigenvalue weighted by Crippen LogP contribution is 2.02. The van der Waals surface area contributed by atoms with Crippen molar-refractivity contribution in [1.82, 2.24) is 16.0 Å². The highest BCUT2D eigenvalue weighted by molar-refractivity contribution is 7.80. The van der Waals surface area contributed by atoms with Crippen molar-refractivity contribution < 1.29 is 39.3 Å². The summed E-state index contributed by atoms with van der Waals surface area (Å²) in [5.41, 5.74) is 5.47. The summed E-state index contributed by atoms with van der Waals surface area (Å²) >= 11 is 3.94. The number of thiol groups is 1. The number of nitrogens with one attached hydrogen (secondary N) is 3. The third kappa shape index (κ3) is 9.01. The van der Waals surface area contributed by atoms with E-state index in [1.165, 1.54) is 13.8 Å². The van der Waals surface area contributed by atoms with Gasteiger partial charge < -0.3 is 37.0 Å². The van der Waals surface area contributed by atoms with Gasteiger partial charge in [0.15, 0.2) is 0 Å². The van der Waals surface area contributed by atoms with E-state index in [4.69, 9.17) is 15.9 Å². The molecule has 0 aliphatic carbocycles. The highest BCUT2D eigenvalue weighted by atomic mass is 32.1. The Bertz CT molecular complexity index is 601. The number of aliphatic carboxylic acids is 2. The molecule has 0 aliphatic heterocycles. The zero-order chi connectivity index (χ0) is 22.0. The molecule has 0 aliphatic rings. The molecule has 0 aromatic rings. The Labute approximate surface area is 166 Å². The number of carboxylic acid groups (broad SMARTS) is 2. The van der Waals surface area contributed by atoms with Gasteiger partial charge in [0.05, 0.1) is 6.10 Å². The van der Waals surface area contributed by atoms with Crippen LogP contribution in [0, 0.1) is 0 Å². The molecule has 8 N–H and O–H groups in total. The van der Waals surface area contributed by atoms with E-state index in [0.717, 1.165) is 0 Å². The molecule has 0 spiro atoms. The van der Waals surface area contributed by atoms with E-state index >= 15 is 0 Å². The lowest BCUT2D eigenvalue weighted by Gasteiger charge is -2.24. The minimum absolute atomic E-state index is 0.178. The molecule has 0 saturated carbocycles. The molecule has 0 aromatic carbocycles. The van der Waals surface area contributed by atoms with Crippen molar-refractivity contribution in [2.75, 3.05) is 5.75 Å². The van der Waals surface area contributed by atoms with Crippen LogP contribution in [0.5, 0.6) is 0 Å². The van der Waals surface area contributed by atoms with Crippen LogP contribution in [0.2, 0.25) is 0 Å². The lowest BCUT2D eigenvalue weighted by Crippen LogP contribution is -2.58. The number of hydrogen-bond donors (Lipinski definition) is 8. The van der Waals surface area contributed by atoms with E-state index < -0.39 is 66.4 Å². The molecule has 3 amide bonds. The molecule has 0 saturated heterocycles. The molecule has 5 unspecified atom stereocenters. The standard InChI is InChI=1S/C15H26N4O8S/c1-6(15(26)27)17-12(23)8(3-4-10(21)22)18-13(24)9(5-28)19-14(25)11(16)7(2)20/h6-9,11,20,28H,3-5,16H2,1-2H3,(H,17,23)(H,18,24)(H,19,25)(H,21,22)(H,26,27). The zero-order valence-electron chi connectivity index (χ0n) is 15.4. The number of aliphatic hydroxyl groups is 1. The third-order valence-electron chi connectivity index (χ3n) is 3.65. The van der Waals surface area contributed by atoms with E-state index in [0.29, 0.717) is 0 Å². The van der Waals surface area contributed by atoms with Gasteiger partial charge in [-0.2, -0.15) is 12.6 Å². The normalized spacial score (nSPS) is 16.0. The minimum atomic E-state index is -1.35. The van der Waals surface area contributed by atoms with Gasteiger partial charge in [0.25, 0.3) is 0 Å². The number of carbonyl (C=O) groups is 5. The van der Waals surface area contributed by atoms with Gasteiger partial charge in [-0.1, -0.05) is 0 Å². The molecular weight excluding hydrogens is 396 g/mol. The van der Waals surface area contributed by atoms with Crippen molar-refractivity contribution in [2.24, 2.45) is 5.73 Å². The van der Waals surface area contributed by atoms with Crippen molar-refractivity contribution in [3.8, 4) is 0 Å². The summed E-state index contributed by atoms with van der Waals surface area (Å²) < 4.78 is 0. The SMILES string of the molecule is CC(NC(=O)C(CCC(=O)O)NC(=O)C(CS)NC(=O)C(N)C(C)O)C(=O)O. The fraction of sp³-hybridized carbons (Fsp3) is 0.667. The first-order chi connectivity index (χ1) is 12.9. The Morgan fingerprint density at radius 1 is 0.929 bits per heavy atom. The van der Waals surface area contributed by atoms with Crippen molar-refractivity contribution in [3.63, 3.8) is 0 Å². The maximum atomic E-state index is 12.4. The molecule has 5 atom stereocenters. The van der Waals surface area contributed by atoms with Crippen molar-refractivity contribution in [1.29, 1.82) is 0 Å². The Hall–Kier alpha value is -2.38. The van der Waals surface area contributed by atoms with E-state index in [9.17, 15) is 29.1 Å². The molecule has 13 heteroatoms. The van der Waals surface area contributed by atoms with Crippen LogP contribution >= 0.6 is 12.6 Å². The van der Waals surface area contributed by atoms with Crippen molar-refractivity contribution >= 4 is 42.3 Å². The molecule has 12 nitrogen and oxygen atoms in total. The van der Waals surface area contributed by atoms with Crippen LogP contribution in [0.15, 0.2) is 0 Å². The maximum Gasteiger partial charge on any atom is 0.325 e. The van der Waals surface area contributed by atoms with E-state index in [-0.39, 0.29) is 12.2 Å². The summed E-state index contributed by atoms with van der Waals surface area (Å²) in [6.07, 6.45) is -1.94. The van der Waals surface area contributed by atoms with Gasteiger partial charge in [0.1, 0.15) is 24.2 Å². The summed E-state index contributed by atoms with van der Waals surface area (Å²) in [6.45, 7) is 2.49. The fourth-order valence-corrected chi connectivity index (χ4v) is 2.12. The quantitative estimate of drug-likeness (QED) is 0.151. The molecule has 0 heterocycles. The predicted molar refractivity (Wildman–Crippen MR) is 99.5 cm³/mol. The second kappa shape index (κ2) is 12.2. The predicted octanol–water partition coefficient (Wildman–Crippen LogP) is -2.95. The van der Waals surface area contributed by atoms with Crippen LogP contribution in [0.25, 0.3) is 0 Å². The highest BCUT2D eigenvalue weighted by Gasteiger charge is 2.29. The van der Waals surface area contributed by atoms with E-state index in [1.807, 2.05) is 0 Å². The number of carbonyl (C=O) groups excluding carboxylic acids is 3. The molecule has 0 radical (unpaired) electrons. The third-order valence-corrected chi connectivity index (χ3v) is 4.01. The monoisotopic (exact) mass is 422 g/mol. The zero-order valence-corrected chi connectivity index (χ0v) is 16.3. The van der Waals surface area contributed by atoms with Crippen LogP contribution in [0.1, 0.15) is 26.7 Å². The second-order valence-electron chi connectivity index (χ2n) is 6.07. The topological polar surface area (TPSA) is 208 Å². The Morgan fingerprint density at radius 3 is 1.86 bits per heavy atom. The molecule has 0 aromatic heterocycles. The van der Waals surface area contributed by atoms with Crippen LogP contribution in [-0.4, -0.2) is 81.0 Å². The number of carboxylic acids is 2. The van der Waals surface area contributed by atoms with Gasteiger partial charge >= 0.3 is 11.9 Å². The van der Waals surface area contributed by atoms with Crippen LogP contribution in [0.3, 0.4) is 0 Å². The fourth-order valence-electron chi connectivity index (χ4n) is 1.87. The largest absolute Gasteiger partial charge is 0.481 e. The summed E-state index contributed by atoms with van der Waals surface area (Å²) in [7, 11) is 0. The van der Waals surface area contributed by atoms with Gasteiger partial charge in [-0.25, -0.2) is 0 Å². The number of nitrogens with two attached hydrogens (primary N) is 1. The maximum absolute atomic E-state index is 12.4. The first-order valence-corrected chi connectivity index (χ1v) is 8.94. The van der Waals surface area contributed by atoms with Crippen molar-refractivity contribution in [2.45, 2.75) is 57.0 Å². The summed E-state index contributed by atoms with van der Waals surface area (Å²) in [6, 6.07) is -5.13. The minimum Gasteiger partial charge on any atom is -0.481 e. The number of rotatable bonds is 12. The smallest absolute Gasteiger partial charge is 0.325 e. The molecule has 0 bridgehead atoms. The molecule has 160 valence electrons. The van der Waals surface area contributed by atoms with Gasteiger partial charge in [-0.3, -0.25) is 24.0 Å². The van der Waals surface area contributed by atoms with Gasteiger partial charge in [-0.05, 0) is 20.3 Å². The summed E-state index contributed by atoms with van der Waals surface area (Å²) in [4.78, 5) is 58.1. The average Bonchev–Trinajstić information content (AvgIpc) is 2.61. The Balaban J connectivity index is 5.16. The number of amides is 3. The van der Waals surface area contributed by atoms with Crippen LogP contribution in [-0.2, 0) is 24.0 Å². The van der Waals surface area contributed by atoms with Gasteiger partial charge in [0.2, 0.25) is 17.7 Å². The average molecular weight is 422 g/mol. The summed E-state index contributed by atoms with van der Waals surface area (Å²) in [5, 5.41) is 33.6. The Kier molecular flexibility index (Phi) is 11.1. The van der Waals surface area contributed by atoms with Gasteiger partial charge in [0, 0.05) is 12.2 Å². The van der Waals surface area contributed by atoms with Crippen molar-refractivity contribution in [3.05, 3.63) is 0 Å². The van der Waals surface area contributed by atoms with Crippen LogP contribution < -0.4 is 21.7 Å². The Morgan fingerprint density at radius 2 is 1.43 bits per heavy atom. The molecule has 0 rings (SSSR count). The first kappa shape index (κ1) is 25.6. The van der Waals surface area contributed by atoms with E-state index in [1.54, 1.807) is 0 Å². The first-order valence-electron chi connectivity index (χ1n) is 8.30.